The van der Waals surface area contributed by atoms with E-state index in [1.165, 1.54) is 18.2 Å². The summed E-state index contributed by atoms with van der Waals surface area (Å²) in [6, 6.07) is 11.2. The van der Waals surface area contributed by atoms with Crippen LogP contribution in [0.1, 0.15) is 32.6 Å². The van der Waals surface area contributed by atoms with Crippen molar-refractivity contribution in [2.24, 2.45) is 0 Å². The van der Waals surface area contributed by atoms with Crippen LogP contribution in [0.15, 0.2) is 36.4 Å². The van der Waals surface area contributed by atoms with Gasteiger partial charge in [-0.2, -0.15) is 5.26 Å². The summed E-state index contributed by atoms with van der Waals surface area (Å²) in [6.45, 7) is 3.54. The van der Waals surface area contributed by atoms with Crippen LogP contribution in [0.25, 0.3) is 0 Å². The molecule has 0 radical (unpaired) electrons. The Morgan fingerprint density at radius 2 is 2.05 bits per heavy atom. The van der Waals surface area contributed by atoms with Crippen LogP contribution in [0.4, 0.5) is 4.39 Å². The predicted octanol–water partition coefficient (Wildman–Crippen LogP) is 3.67. The molecule has 3 nitrogen and oxygen atoms in total. The molecule has 0 amide bonds. The summed E-state index contributed by atoms with van der Waals surface area (Å²) in [6.07, 6.45) is 0. The molecule has 0 unspecified atom stereocenters. The van der Waals surface area contributed by atoms with Gasteiger partial charge in [0, 0.05) is 5.56 Å². The topological polar surface area (TPSA) is 50.1 Å². The zero-order valence-electron chi connectivity index (χ0n) is 11.8. The average Bonchev–Trinajstić information content (AvgIpc) is 2.49. The number of benzene rings is 2. The van der Waals surface area contributed by atoms with Gasteiger partial charge in [0.1, 0.15) is 12.4 Å². The normalized spacial score (nSPS) is 10.0. The molecule has 2 rings (SSSR count). The number of hydrogen-bond donors (Lipinski definition) is 0. The molecular formula is C17H14FNO2. The Morgan fingerprint density at radius 3 is 2.76 bits per heavy atom. The van der Waals surface area contributed by atoms with Gasteiger partial charge in [0.25, 0.3) is 0 Å². The number of ether oxygens (including phenoxy) is 1. The maximum atomic E-state index is 13.6. The fourth-order valence-electron chi connectivity index (χ4n) is 1.95. The highest BCUT2D eigenvalue weighted by molar-refractivity contribution is 5.91. The average molecular weight is 283 g/mol. The van der Waals surface area contributed by atoms with E-state index < -0.39 is 11.8 Å². The lowest BCUT2D eigenvalue weighted by atomic mass is 10.0. The van der Waals surface area contributed by atoms with Gasteiger partial charge in [-0.15, -0.1) is 0 Å². The first-order valence-electron chi connectivity index (χ1n) is 6.45. The summed E-state index contributed by atoms with van der Waals surface area (Å²) >= 11 is 0. The molecular weight excluding hydrogens is 269 g/mol. The van der Waals surface area contributed by atoms with Crippen LogP contribution in [-0.4, -0.2) is 5.97 Å². The number of nitrogens with zero attached hydrogens (tertiary/aromatic N) is 1. The summed E-state index contributed by atoms with van der Waals surface area (Å²) < 4.78 is 18.7. The molecule has 0 aliphatic carbocycles. The second-order valence-corrected chi connectivity index (χ2v) is 4.74. The molecule has 2 aromatic rings. The van der Waals surface area contributed by atoms with Crippen LogP contribution in [0.2, 0.25) is 0 Å². The molecule has 0 spiro atoms. The monoisotopic (exact) mass is 283 g/mol. The Kier molecular flexibility index (Phi) is 4.34. The van der Waals surface area contributed by atoms with Gasteiger partial charge in [0.2, 0.25) is 0 Å². The van der Waals surface area contributed by atoms with E-state index in [1.807, 2.05) is 26.0 Å². The second kappa shape index (κ2) is 6.19. The maximum Gasteiger partial charge on any atom is 0.338 e. The van der Waals surface area contributed by atoms with Crippen molar-refractivity contribution < 1.29 is 13.9 Å². The minimum Gasteiger partial charge on any atom is -0.457 e. The van der Waals surface area contributed by atoms with Crippen LogP contribution >= 0.6 is 0 Å². The molecule has 21 heavy (non-hydrogen) atoms. The third-order valence-corrected chi connectivity index (χ3v) is 3.36. The second-order valence-electron chi connectivity index (χ2n) is 4.74. The Labute approximate surface area is 122 Å². The van der Waals surface area contributed by atoms with Crippen LogP contribution in [0.3, 0.4) is 0 Å². The zero-order valence-corrected chi connectivity index (χ0v) is 11.8. The molecule has 0 aromatic heterocycles. The molecule has 0 saturated carbocycles. The van der Waals surface area contributed by atoms with Gasteiger partial charge in [0.05, 0.1) is 17.2 Å². The maximum absolute atomic E-state index is 13.6. The summed E-state index contributed by atoms with van der Waals surface area (Å²) in [5.41, 5.74) is 2.81. The molecule has 0 bridgehead atoms. The number of esters is 1. The first-order valence-corrected chi connectivity index (χ1v) is 6.45. The van der Waals surface area contributed by atoms with Gasteiger partial charge in [0.15, 0.2) is 0 Å². The first-order chi connectivity index (χ1) is 10.0. The molecule has 0 fully saturated rings. The third-order valence-electron chi connectivity index (χ3n) is 3.36. The van der Waals surface area contributed by atoms with Crippen molar-refractivity contribution in [2.75, 3.05) is 0 Å². The van der Waals surface area contributed by atoms with Crippen molar-refractivity contribution in [3.63, 3.8) is 0 Å². The Morgan fingerprint density at radius 1 is 1.29 bits per heavy atom. The van der Waals surface area contributed by atoms with Crippen LogP contribution in [0, 0.1) is 31.0 Å². The number of halogens is 1. The van der Waals surface area contributed by atoms with E-state index in [0.29, 0.717) is 11.1 Å². The summed E-state index contributed by atoms with van der Waals surface area (Å²) in [5.74, 6) is -0.999. The number of nitriles is 1. The number of aryl methyl sites for hydroxylation is 1. The minimum atomic E-state index is -0.502. The van der Waals surface area contributed by atoms with Crippen molar-refractivity contribution in [1.29, 1.82) is 5.26 Å². The summed E-state index contributed by atoms with van der Waals surface area (Å²) in [5, 5.41) is 8.80. The quantitative estimate of drug-likeness (QED) is 0.807. The molecule has 0 heterocycles. The van der Waals surface area contributed by atoms with Crippen LogP contribution < -0.4 is 0 Å². The van der Waals surface area contributed by atoms with Gasteiger partial charge < -0.3 is 4.74 Å². The van der Waals surface area contributed by atoms with Crippen LogP contribution in [0.5, 0.6) is 0 Å². The lowest BCUT2D eigenvalue weighted by Crippen LogP contribution is -2.08. The number of hydrogen-bond acceptors (Lipinski definition) is 3. The van der Waals surface area contributed by atoms with E-state index in [1.54, 1.807) is 12.1 Å². The van der Waals surface area contributed by atoms with E-state index in [9.17, 15) is 9.18 Å². The lowest BCUT2D eigenvalue weighted by Gasteiger charge is -2.09. The lowest BCUT2D eigenvalue weighted by molar-refractivity contribution is 0.0468. The van der Waals surface area contributed by atoms with E-state index in [0.717, 1.165) is 11.1 Å². The smallest absolute Gasteiger partial charge is 0.338 e. The zero-order chi connectivity index (χ0) is 15.4. The fourth-order valence-corrected chi connectivity index (χ4v) is 1.95. The minimum absolute atomic E-state index is 0.188. The van der Waals surface area contributed by atoms with Gasteiger partial charge in [-0.25, -0.2) is 9.18 Å². The Hall–Kier alpha value is -2.67. The molecule has 0 saturated heterocycles. The van der Waals surface area contributed by atoms with Gasteiger partial charge in [-0.1, -0.05) is 12.1 Å². The molecule has 0 N–H and O–H groups in total. The largest absolute Gasteiger partial charge is 0.457 e. The highest BCUT2D eigenvalue weighted by Crippen LogP contribution is 2.16. The molecule has 0 atom stereocenters. The first kappa shape index (κ1) is 14.7. The van der Waals surface area contributed by atoms with Gasteiger partial charge >= 0.3 is 5.97 Å². The number of rotatable bonds is 3. The third kappa shape index (κ3) is 3.26. The summed E-state index contributed by atoms with van der Waals surface area (Å²) in [4.78, 5) is 12.0. The van der Waals surface area contributed by atoms with E-state index >= 15 is 0 Å². The van der Waals surface area contributed by atoms with Crippen LogP contribution in [-0.2, 0) is 11.3 Å². The Balaban J connectivity index is 2.15. The number of carbonyl (C=O) groups is 1. The van der Waals surface area contributed by atoms with Crippen molar-refractivity contribution in [2.45, 2.75) is 20.5 Å². The SMILES string of the molecule is Cc1cccc(C(=O)OCc2cc(C#N)ccc2F)c1C. The number of carbonyl (C=O) groups excluding carboxylic acids is 1. The van der Waals surface area contributed by atoms with E-state index in [2.05, 4.69) is 0 Å². The van der Waals surface area contributed by atoms with Gasteiger partial charge in [-0.05, 0) is 49.2 Å². The van der Waals surface area contributed by atoms with Gasteiger partial charge in [-0.3, -0.25) is 0 Å². The highest BCUT2D eigenvalue weighted by Gasteiger charge is 2.13. The molecule has 4 heteroatoms. The van der Waals surface area contributed by atoms with E-state index in [4.69, 9.17) is 10.00 Å². The highest BCUT2D eigenvalue weighted by atomic mass is 19.1. The summed E-state index contributed by atoms with van der Waals surface area (Å²) in [7, 11) is 0. The molecule has 0 aliphatic rings. The Bertz CT molecular complexity index is 732. The standard InChI is InChI=1S/C17H14FNO2/c1-11-4-3-5-15(12(11)2)17(20)21-10-14-8-13(9-19)6-7-16(14)18/h3-8H,10H2,1-2H3. The van der Waals surface area contributed by atoms with Crippen molar-refractivity contribution >= 4 is 5.97 Å². The van der Waals surface area contributed by atoms with Crippen molar-refractivity contribution in [3.8, 4) is 6.07 Å². The van der Waals surface area contributed by atoms with Crippen molar-refractivity contribution in [3.05, 3.63) is 70.0 Å². The molecule has 106 valence electrons. The molecule has 0 aliphatic heterocycles. The van der Waals surface area contributed by atoms with Crippen molar-refractivity contribution in [1.82, 2.24) is 0 Å². The predicted molar refractivity (Wildman–Crippen MR) is 76.2 cm³/mol. The van der Waals surface area contributed by atoms with E-state index in [-0.39, 0.29) is 12.2 Å². The molecule has 2 aromatic carbocycles. The fraction of sp³-hybridized carbons (Fsp3) is 0.176.